The van der Waals surface area contributed by atoms with E-state index in [0.29, 0.717) is 47.1 Å². The Balaban J connectivity index is 1.61. The predicted molar refractivity (Wildman–Crippen MR) is 104 cm³/mol. The first-order valence-corrected chi connectivity index (χ1v) is 9.28. The highest BCUT2D eigenvalue weighted by Gasteiger charge is 2.28. The third kappa shape index (κ3) is 3.50. The van der Waals surface area contributed by atoms with Crippen LogP contribution in [0, 0.1) is 0 Å². The van der Waals surface area contributed by atoms with Crippen LogP contribution >= 0.6 is 0 Å². The zero-order chi connectivity index (χ0) is 19.5. The van der Waals surface area contributed by atoms with Crippen LogP contribution in [0.25, 0.3) is 22.7 Å². The first-order chi connectivity index (χ1) is 13.7. The summed E-state index contributed by atoms with van der Waals surface area (Å²) in [6.45, 7) is 0.744. The van der Waals surface area contributed by atoms with Gasteiger partial charge in [-0.1, -0.05) is 0 Å². The lowest BCUT2D eigenvalue weighted by molar-refractivity contribution is 0.189. The molecular formula is C20H22N4O4. The Bertz CT molecular complexity index is 954. The fraction of sp³-hybridized carbons (Fsp3) is 0.350. The fourth-order valence-electron chi connectivity index (χ4n) is 3.57. The maximum atomic E-state index is 12.8. The number of pyridine rings is 1. The summed E-state index contributed by atoms with van der Waals surface area (Å²) in [4.78, 5) is 23.1. The number of likely N-dealkylation sites (tertiary alicyclic amines) is 1. The third-order valence-electron chi connectivity index (χ3n) is 4.95. The number of rotatable bonds is 5. The van der Waals surface area contributed by atoms with Crippen LogP contribution in [0.2, 0.25) is 0 Å². The van der Waals surface area contributed by atoms with Gasteiger partial charge in [0.2, 0.25) is 5.89 Å². The molecule has 1 saturated heterocycles. The van der Waals surface area contributed by atoms with Gasteiger partial charge in [0.1, 0.15) is 5.75 Å². The maximum absolute atomic E-state index is 12.8. The highest BCUT2D eigenvalue weighted by Crippen LogP contribution is 2.32. The molecule has 0 bridgehead atoms. The number of aliphatic hydroxyl groups excluding tert-OH is 1. The molecular weight excluding hydrogens is 360 g/mol. The van der Waals surface area contributed by atoms with Gasteiger partial charge in [-0.15, -0.1) is 0 Å². The average molecular weight is 382 g/mol. The summed E-state index contributed by atoms with van der Waals surface area (Å²) in [5.41, 5.74) is 2.38. The van der Waals surface area contributed by atoms with E-state index < -0.39 is 0 Å². The van der Waals surface area contributed by atoms with Crippen molar-refractivity contribution in [2.45, 2.75) is 25.3 Å². The van der Waals surface area contributed by atoms with Gasteiger partial charge in [0.25, 0.3) is 0 Å². The minimum atomic E-state index is -0.203. The molecule has 1 aromatic carbocycles. The lowest BCUT2D eigenvalue weighted by Crippen LogP contribution is -2.39. The lowest BCUT2D eigenvalue weighted by Gasteiger charge is -2.25. The predicted octanol–water partition coefficient (Wildman–Crippen LogP) is 3.28. The van der Waals surface area contributed by atoms with Gasteiger partial charge in [0.05, 0.1) is 12.8 Å². The molecule has 1 aliphatic rings. The molecule has 28 heavy (non-hydrogen) atoms. The van der Waals surface area contributed by atoms with Crippen molar-refractivity contribution in [1.82, 2.24) is 14.9 Å². The number of ether oxygens (including phenoxy) is 1. The zero-order valence-electron chi connectivity index (χ0n) is 15.6. The Hall–Kier alpha value is -3.13. The van der Waals surface area contributed by atoms with Crippen molar-refractivity contribution in [2.75, 3.05) is 25.6 Å². The SMILES string of the molecule is COc1ccc(-c2nc3ncccc3o2)cc1NC(=O)N1CCC[C@H]1CCO. The Morgan fingerprint density at radius 3 is 3.11 bits per heavy atom. The summed E-state index contributed by atoms with van der Waals surface area (Å²) in [6, 6.07) is 8.81. The van der Waals surface area contributed by atoms with Crippen LogP contribution in [0.15, 0.2) is 40.9 Å². The summed E-state index contributed by atoms with van der Waals surface area (Å²) in [7, 11) is 1.55. The number of fused-ring (bicyclic) bond motifs is 1. The number of aromatic nitrogens is 2. The monoisotopic (exact) mass is 382 g/mol. The second kappa shape index (κ2) is 7.85. The number of aliphatic hydroxyl groups is 1. The molecule has 0 radical (unpaired) electrons. The second-order valence-electron chi connectivity index (χ2n) is 6.69. The van der Waals surface area contributed by atoms with Crippen LogP contribution in [0.1, 0.15) is 19.3 Å². The molecule has 8 heteroatoms. The highest BCUT2D eigenvalue weighted by molar-refractivity contribution is 5.92. The number of oxazole rings is 1. The smallest absolute Gasteiger partial charge is 0.322 e. The van der Waals surface area contributed by atoms with Crippen molar-refractivity contribution in [3.05, 3.63) is 36.5 Å². The highest BCUT2D eigenvalue weighted by atomic mass is 16.5. The summed E-state index contributed by atoms with van der Waals surface area (Å²) in [6.07, 6.45) is 4.08. The number of benzene rings is 1. The Labute approximate surface area is 162 Å². The molecule has 146 valence electrons. The number of amides is 2. The topological polar surface area (TPSA) is 101 Å². The van der Waals surface area contributed by atoms with E-state index in [1.54, 1.807) is 42.5 Å². The number of anilines is 1. The van der Waals surface area contributed by atoms with Gasteiger partial charge in [-0.2, -0.15) is 4.98 Å². The van der Waals surface area contributed by atoms with Crippen LogP contribution in [0.3, 0.4) is 0 Å². The van der Waals surface area contributed by atoms with Gasteiger partial charge in [-0.3, -0.25) is 0 Å². The first-order valence-electron chi connectivity index (χ1n) is 9.28. The molecule has 1 atom stereocenters. The fourth-order valence-corrected chi connectivity index (χ4v) is 3.57. The van der Waals surface area contributed by atoms with Crippen molar-refractivity contribution >= 4 is 22.9 Å². The minimum absolute atomic E-state index is 0.0577. The van der Waals surface area contributed by atoms with Crippen LogP contribution in [-0.2, 0) is 0 Å². The van der Waals surface area contributed by atoms with Gasteiger partial charge in [0, 0.05) is 31.0 Å². The quantitative estimate of drug-likeness (QED) is 0.702. The molecule has 4 rings (SSSR count). The van der Waals surface area contributed by atoms with Crippen molar-refractivity contribution in [2.24, 2.45) is 0 Å². The van der Waals surface area contributed by atoms with Crippen molar-refractivity contribution in [3.8, 4) is 17.2 Å². The van der Waals surface area contributed by atoms with Crippen LogP contribution in [0.5, 0.6) is 5.75 Å². The molecule has 2 amide bonds. The van der Waals surface area contributed by atoms with Crippen molar-refractivity contribution < 1.29 is 19.1 Å². The number of hydrogen-bond donors (Lipinski definition) is 2. The van der Waals surface area contributed by atoms with Crippen LogP contribution in [-0.4, -0.2) is 52.3 Å². The summed E-state index contributed by atoms with van der Waals surface area (Å²) >= 11 is 0. The number of carbonyl (C=O) groups is 1. The minimum Gasteiger partial charge on any atom is -0.495 e. The van der Waals surface area contributed by atoms with Gasteiger partial charge in [-0.25, -0.2) is 9.78 Å². The number of hydrogen-bond acceptors (Lipinski definition) is 6. The molecule has 0 unspecified atom stereocenters. The van der Waals surface area contributed by atoms with E-state index in [2.05, 4.69) is 15.3 Å². The van der Waals surface area contributed by atoms with E-state index in [4.69, 9.17) is 9.15 Å². The summed E-state index contributed by atoms with van der Waals surface area (Å²) < 4.78 is 11.2. The Morgan fingerprint density at radius 1 is 1.43 bits per heavy atom. The van der Waals surface area contributed by atoms with E-state index in [0.717, 1.165) is 12.8 Å². The molecule has 0 aliphatic carbocycles. The zero-order valence-corrected chi connectivity index (χ0v) is 15.6. The summed E-state index contributed by atoms with van der Waals surface area (Å²) in [5.74, 6) is 0.968. The second-order valence-corrected chi connectivity index (χ2v) is 6.69. The molecule has 3 heterocycles. The molecule has 2 aromatic heterocycles. The van der Waals surface area contributed by atoms with E-state index in [1.165, 1.54) is 0 Å². The van der Waals surface area contributed by atoms with Gasteiger partial charge >= 0.3 is 6.03 Å². The molecule has 2 N–H and O–H groups in total. The van der Waals surface area contributed by atoms with Crippen LogP contribution in [0.4, 0.5) is 10.5 Å². The van der Waals surface area contributed by atoms with Gasteiger partial charge < -0.3 is 24.5 Å². The largest absolute Gasteiger partial charge is 0.495 e. The molecule has 0 spiro atoms. The number of methoxy groups -OCH3 is 1. The van der Waals surface area contributed by atoms with E-state index in [9.17, 15) is 9.90 Å². The Morgan fingerprint density at radius 2 is 2.32 bits per heavy atom. The van der Waals surface area contributed by atoms with E-state index in [1.807, 2.05) is 6.07 Å². The molecule has 0 saturated carbocycles. The van der Waals surface area contributed by atoms with Crippen molar-refractivity contribution in [1.29, 1.82) is 0 Å². The number of nitrogens with zero attached hydrogens (tertiary/aromatic N) is 3. The van der Waals surface area contributed by atoms with Gasteiger partial charge in [-0.05, 0) is 49.6 Å². The third-order valence-corrected chi connectivity index (χ3v) is 4.95. The average Bonchev–Trinajstić information content (AvgIpc) is 3.35. The number of nitrogens with one attached hydrogen (secondary N) is 1. The van der Waals surface area contributed by atoms with E-state index in [-0.39, 0.29) is 18.7 Å². The van der Waals surface area contributed by atoms with Crippen molar-refractivity contribution in [3.63, 3.8) is 0 Å². The number of carbonyl (C=O) groups excluding carboxylic acids is 1. The molecule has 1 fully saturated rings. The summed E-state index contributed by atoms with van der Waals surface area (Å²) in [5, 5.41) is 12.2. The molecule has 1 aliphatic heterocycles. The standard InChI is InChI=1S/C20H22N4O4/c1-27-16-7-6-13(19-23-18-17(28-19)5-2-9-21-18)12-15(16)22-20(26)24-10-3-4-14(24)8-11-25/h2,5-7,9,12,14,25H,3-4,8,10-11H2,1H3,(H,22,26)/t14-/m0/s1. The first kappa shape index (κ1) is 18.2. The van der Waals surface area contributed by atoms with Gasteiger partial charge in [0.15, 0.2) is 11.2 Å². The molecule has 8 nitrogen and oxygen atoms in total. The number of urea groups is 1. The van der Waals surface area contributed by atoms with E-state index >= 15 is 0 Å². The maximum Gasteiger partial charge on any atom is 0.322 e. The van der Waals surface area contributed by atoms with Crippen LogP contribution < -0.4 is 10.1 Å². The normalized spacial score (nSPS) is 16.5. The Kier molecular flexibility index (Phi) is 5.12. The lowest BCUT2D eigenvalue weighted by atomic mass is 10.1. The molecule has 3 aromatic rings.